The van der Waals surface area contributed by atoms with Gasteiger partial charge in [0.15, 0.2) is 0 Å². The predicted molar refractivity (Wildman–Crippen MR) is 76.9 cm³/mol. The van der Waals surface area contributed by atoms with Gasteiger partial charge >= 0.3 is 29.1 Å². The van der Waals surface area contributed by atoms with E-state index in [-0.39, 0.29) is 17.7 Å². The third-order valence-corrected chi connectivity index (χ3v) is 4.41. The van der Waals surface area contributed by atoms with Crippen LogP contribution in [0, 0.1) is 0 Å². The molecular formula is C14H18ClF10NO. The number of carbonyl (C=O) groups is 1. The van der Waals surface area contributed by atoms with Gasteiger partial charge in [-0.15, -0.1) is 0 Å². The smallest absolute Gasteiger partial charge is 0.332 e. The fraction of sp³-hybridized carbons (Fsp3) is 0.929. The average molecular weight is 442 g/mol. The molecule has 0 bridgehead atoms. The van der Waals surface area contributed by atoms with E-state index in [9.17, 15) is 48.7 Å². The van der Waals surface area contributed by atoms with E-state index in [0.29, 0.717) is 0 Å². The van der Waals surface area contributed by atoms with E-state index in [4.69, 9.17) is 0 Å². The molecule has 0 aliphatic carbocycles. The highest BCUT2D eigenvalue weighted by Gasteiger charge is 2.88. The predicted octanol–water partition coefficient (Wildman–Crippen LogP) is 5.78. The molecule has 0 aromatic carbocycles. The lowest BCUT2D eigenvalue weighted by Gasteiger charge is -2.41. The van der Waals surface area contributed by atoms with Crippen molar-refractivity contribution < 1.29 is 48.7 Å². The molecule has 0 saturated carbocycles. The van der Waals surface area contributed by atoms with Crippen molar-refractivity contribution >= 4 is 17.5 Å². The normalized spacial score (nSPS) is 16.9. The van der Waals surface area contributed by atoms with Crippen LogP contribution in [0.15, 0.2) is 0 Å². The van der Waals surface area contributed by atoms with Gasteiger partial charge in [0.1, 0.15) is 0 Å². The summed E-state index contributed by atoms with van der Waals surface area (Å²) in [5.74, 6) is -30.9. The number of halogens is 11. The van der Waals surface area contributed by atoms with E-state index in [1.807, 2.05) is 0 Å². The second-order valence-corrected chi connectivity index (χ2v) is 6.50. The van der Waals surface area contributed by atoms with Crippen molar-refractivity contribution in [3.05, 3.63) is 0 Å². The number of alkyl halides is 11. The molecule has 1 amide bonds. The van der Waals surface area contributed by atoms with Crippen molar-refractivity contribution in [2.45, 2.75) is 81.7 Å². The van der Waals surface area contributed by atoms with Crippen LogP contribution in [0.25, 0.3) is 0 Å². The van der Waals surface area contributed by atoms with Gasteiger partial charge in [-0.3, -0.25) is 4.79 Å². The lowest BCUT2D eigenvalue weighted by atomic mass is 9.96. The first-order valence-corrected chi connectivity index (χ1v) is 8.04. The largest absolute Gasteiger partial charge is 0.393 e. The number of rotatable bonds is 9. The van der Waals surface area contributed by atoms with Crippen molar-refractivity contribution in [1.29, 1.82) is 0 Å². The highest BCUT2D eigenvalue weighted by Crippen LogP contribution is 2.58. The Hall–Kier alpha value is -0.940. The van der Waals surface area contributed by atoms with Crippen LogP contribution in [0.3, 0.4) is 0 Å². The lowest BCUT2D eigenvalue weighted by Crippen LogP contribution is -2.70. The Morgan fingerprint density at radius 1 is 0.778 bits per heavy atom. The molecule has 0 aliphatic heterocycles. The maximum Gasteiger partial charge on any atom is 0.393 e. The maximum absolute atomic E-state index is 14.0. The molecule has 27 heavy (non-hydrogen) atoms. The van der Waals surface area contributed by atoms with Crippen molar-refractivity contribution in [2.75, 3.05) is 0 Å². The van der Waals surface area contributed by atoms with Gasteiger partial charge in [0.2, 0.25) is 0 Å². The zero-order valence-electron chi connectivity index (χ0n) is 14.6. The molecule has 0 heterocycles. The van der Waals surface area contributed by atoms with Gasteiger partial charge in [-0.25, -0.2) is 0 Å². The third kappa shape index (κ3) is 4.09. The third-order valence-electron chi connectivity index (χ3n) is 4.17. The molecule has 0 aromatic rings. The molecule has 0 aliphatic rings. The van der Waals surface area contributed by atoms with Gasteiger partial charge in [-0.05, 0) is 38.3 Å². The number of amides is 1. The van der Waals surface area contributed by atoms with E-state index in [0.717, 1.165) is 13.8 Å². The summed E-state index contributed by atoms with van der Waals surface area (Å²) in [5, 5.41) is -6.29. The first-order chi connectivity index (χ1) is 11.8. The standard InChI is InChI=1S/C14H18ClF10NO/c1-5-7(3)26(8(4)6-2)9(27)10(16,17)11(18,19)12(20,21)13(22,23)14(15,24)25/h7-8H,5-6H2,1-4H3. The topological polar surface area (TPSA) is 20.3 Å². The minimum absolute atomic E-state index is 0.0654. The molecule has 0 radical (unpaired) electrons. The van der Waals surface area contributed by atoms with Crippen molar-refractivity contribution in [2.24, 2.45) is 0 Å². The summed E-state index contributed by atoms with van der Waals surface area (Å²) in [6.07, 6.45) is -0.131. The molecule has 0 N–H and O–H groups in total. The summed E-state index contributed by atoms with van der Waals surface area (Å²) in [4.78, 5) is 12.1. The zero-order valence-corrected chi connectivity index (χ0v) is 15.3. The summed E-state index contributed by atoms with van der Waals surface area (Å²) >= 11 is 3.72. The molecule has 13 heteroatoms. The van der Waals surface area contributed by atoms with E-state index >= 15 is 0 Å². The summed E-state index contributed by atoms with van der Waals surface area (Å²) in [7, 11) is 0. The SMILES string of the molecule is CCC(C)N(C(=O)C(F)(F)C(F)(F)C(F)(F)C(F)(F)C(F)(F)Cl)C(C)CC. The number of hydrogen-bond acceptors (Lipinski definition) is 1. The van der Waals surface area contributed by atoms with Crippen molar-refractivity contribution in [1.82, 2.24) is 4.90 Å². The average Bonchev–Trinajstić information content (AvgIpc) is 2.52. The van der Waals surface area contributed by atoms with E-state index in [2.05, 4.69) is 11.6 Å². The molecule has 0 rings (SSSR count). The highest BCUT2D eigenvalue weighted by atomic mass is 35.5. The fourth-order valence-corrected chi connectivity index (χ4v) is 2.22. The Morgan fingerprint density at radius 2 is 1.11 bits per heavy atom. The molecular weight excluding hydrogens is 424 g/mol. The minimum atomic E-state index is -7.35. The van der Waals surface area contributed by atoms with Crippen LogP contribution in [0.4, 0.5) is 43.9 Å². The summed E-state index contributed by atoms with van der Waals surface area (Å²) < 4.78 is 134. The van der Waals surface area contributed by atoms with Gasteiger partial charge in [0, 0.05) is 12.1 Å². The quantitative estimate of drug-likeness (QED) is 0.328. The van der Waals surface area contributed by atoms with Crippen LogP contribution in [0.1, 0.15) is 40.5 Å². The zero-order chi connectivity index (χ0) is 22.2. The molecule has 2 unspecified atom stereocenters. The number of carbonyl (C=O) groups excluding carboxylic acids is 1. The molecule has 0 aromatic heterocycles. The van der Waals surface area contributed by atoms with Crippen LogP contribution in [-0.4, -0.2) is 52.0 Å². The monoisotopic (exact) mass is 441 g/mol. The molecule has 2 atom stereocenters. The van der Waals surface area contributed by atoms with Crippen LogP contribution in [0.2, 0.25) is 0 Å². The first kappa shape index (κ1) is 26.1. The Morgan fingerprint density at radius 3 is 1.37 bits per heavy atom. The Kier molecular flexibility index (Phi) is 7.55. The summed E-state index contributed by atoms with van der Waals surface area (Å²) in [6, 6.07) is -2.31. The van der Waals surface area contributed by atoms with Gasteiger partial charge in [0.05, 0.1) is 0 Å². The summed E-state index contributed by atoms with van der Waals surface area (Å²) in [5.41, 5.74) is 0. The highest BCUT2D eigenvalue weighted by molar-refractivity contribution is 6.22. The van der Waals surface area contributed by atoms with Gasteiger partial charge < -0.3 is 4.90 Å². The number of nitrogens with zero attached hydrogens (tertiary/aromatic N) is 1. The van der Waals surface area contributed by atoms with E-state index < -0.39 is 47.1 Å². The fourth-order valence-electron chi connectivity index (χ4n) is 2.10. The molecule has 0 fully saturated rings. The molecule has 2 nitrogen and oxygen atoms in total. The molecule has 0 saturated heterocycles. The molecule has 0 spiro atoms. The second kappa shape index (κ2) is 7.82. The molecule has 162 valence electrons. The van der Waals surface area contributed by atoms with Crippen LogP contribution < -0.4 is 0 Å². The Bertz CT molecular complexity index is 524. The van der Waals surface area contributed by atoms with Crippen LogP contribution in [-0.2, 0) is 4.79 Å². The van der Waals surface area contributed by atoms with Crippen LogP contribution in [0.5, 0.6) is 0 Å². The Labute approximate surface area is 153 Å². The minimum Gasteiger partial charge on any atom is -0.332 e. The maximum atomic E-state index is 14.0. The Balaban J connectivity index is 6.34. The van der Waals surface area contributed by atoms with Crippen LogP contribution >= 0.6 is 11.6 Å². The van der Waals surface area contributed by atoms with Crippen molar-refractivity contribution in [3.63, 3.8) is 0 Å². The van der Waals surface area contributed by atoms with Gasteiger partial charge in [-0.2, -0.15) is 43.9 Å². The van der Waals surface area contributed by atoms with Crippen molar-refractivity contribution in [3.8, 4) is 0 Å². The summed E-state index contributed by atoms with van der Waals surface area (Å²) in [6.45, 7) is 5.00. The van der Waals surface area contributed by atoms with Gasteiger partial charge in [-0.1, -0.05) is 13.8 Å². The lowest BCUT2D eigenvalue weighted by molar-refractivity contribution is -0.383. The second-order valence-electron chi connectivity index (χ2n) is 6.02. The number of hydrogen-bond donors (Lipinski definition) is 0. The first-order valence-electron chi connectivity index (χ1n) is 7.66. The van der Waals surface area contributed by atoms with E-state index in [1.165, 1.54) is 13.8 Å². The van der Waals surface area contributed by atoms with E-state index in [1.54, 1.807) is 0 Å². The van der Waals surface area contributed by atoms with Gasteiger partial charge in [0.25, 0.3) is 5.91 Å².